The predicted octanol–water partition coefficient (Wildman–Crippen LogP) is 2.50. The second-order valence-corrected chi connectivity index (χ2v) is 3.83. The van der Waals surface area contributed by atoms with Crippen molar-refractivity contribution in [3.05, 3.63) is 64.0 Å². The summed E-state index contributed by atoms with van der Waals surface area (Å²) < 4.78 is 13.7. The summed E-state index contributed by atoms with van der Waals surface area (Å²) in [5.41, 5.74) is 4.92. The van der Waals surface area contributed by atoms with Crippen LogP contribution in [0.3, 0.4) is 0 Å². The number of nitro groups is 1. The van der Waals surface area contributed by atoms with E-state index in [0.717, 1.165) is 6.07 Å². The number of carbonyl (C=O) groups is 1. The molecule has 0 spiro atoms. The number of nitrogens with zero attached hydrogens (tertiary/aromatic N) is 1. The quantitative estimate of drug-likeness (QED) is 0.679. The highest BCUT2D eigenvalue weighted by Crippen LogP contribution is 2.32. The van der Waals surface area contributed by atoms with E-state index < -0.39 is 16.6 Å². The first-order valence-electron chi connectivity index (χ1n) is 5.34. The highest BCUT2D eigenvalue weighted by atomic mass is 19.1. The van der Waals surface area contributed by atoms with Crippen molar-refractivity contribution in [3.8, 4) is 11.1 Å². The molecule has 0 aliphatic rings. The number of hydrogen-bond acceptors (Lipinski definition) is 3. The molecule has 96 valence electrons. The second kappa shape index (κ2) is 4.85. The highest BCUT2D eigenvalue weighted by Gasteiger charge is 2.19. The maximum atomic E-state index is 13.7. The molecule has 0 saturated heterocycles. The summed E-state index contributed by atoms with van der Waals surface area (Å²) >= 11 is 0. The molecule has 2 aromatic rings. The third-order valence-corrected chi connectivity index (χ3v) is 2.64. The van der Waals surface area contributed by atoms with Crippen molar-refractivity contribution in [1.82, 2.24) is 0 Å². The summed E-state index contributed by atoms with van der Waals surface area (Å²) in [6.45, 7) is 0. The van der Waals surface area contributed by atoms with Crippen LogP contribution in [0.15, 0.2) is 42.5 Å². The smallest absolute Gasteiger partial charge is 0.278 e. The summed E-state index contributed by atoms with van der Waals surface area (Å²) in [5, 5.41) is 11.0. The van der Waals surface area contributed by atoms with E-state index in [1.54, 1.807) is 6.07 Å². The Kier molecular flexibility index (Phi) is 3.24. The zero-order valence-corrected chi connectivity index (χ0v) is 9.67. The molecule has 0 radical (unpaired) electrons. The lowest BCUT2D eigenvalue weighted by Crippen LogP contribution is -2.11. The molecular weight excluding hydrogens is 251 g/mol. The Morgan fingerprint density at radius 3 is 2.42 bits per heavy atom. The van der Waals surface area contributed by atoms with Gasteiger partial charge < -0.3 is 5.73 Å². The minimum absolute atomic E-state index is 0.00629. The summed E-state index contributed by atoms with van der Waals surface area (Å²) in [6, 6.07) is 9.40. The van der Waals surface area contributed by atoms with E-state index in [0.29, 0.717) is 0 Å². The van der Waals surface area contributed by atoms with Crippen molar-refractivity contribution in [2.24, 2.45) is 5.73 Å². The molecule has 5 nitrogen and oxygen atoms in total. The van der Waals surface area contributed by atoms with Gasteiger partial charge in [-0.15, -0.1) is 0 Å². The van der Waals surface area contributed by atoms with Crippen LogP contribution in [0.25, 0.3) is 11.1 Å². The Morgan fingerprint density at radius 1 is 1.16 bits per heavy atom. The lowest BCUT2D eigenvalue weighted by atomic mass is 10.0. The molecule has 0 aliphatic heterocycles. The molecule has 0 fully saturated rings. The third-order valence-electron chi connectivity index (χ3n) is 2.64. The topological polar surface area (TPSA) is 86.2 Å². The van der Waals surface area contributed by atoms with Gasteiger partial charge in [-0.2, -0.15) is 0 Å². The van der Waals surface area contributed by atoms with E-state index in [2.05, 4.69) is 0 Å². The molecule has 2 aromatic carbocycles. The Balaban J connectivity index is 2.67. The fraction of sp³-hybridized carbons (Fsp3) is 0. The summed E-state index contributed by atoms with van der Waals surface area (Å²) in [7, 11) is 0. The van der Waals surface area contributed by atoms with Crippen LogP contribution in [0.1, 0.15) is 10.4 Å². The maximum Gasteiger partial charge on any atom is 0.278 e. The van der Waals surface area contributed by atoms with Gasteiger partial charge >= 0.3 is 0 Å². The van der Waals surface area contributed by atoms with Crippen molar-refractivity contribution in [3.63, 3.8) is 0 Å². The third kappa shape index (κ3) is 2.42. The van der Waals surface area contributed by atoms with Crippen molar-refractivity contribution in [2.75, 3.05) is 0 Å². The van der Waals surface area contributed by atoms with E-state index >= 15 is 0 Å². The number of amides is 1. The van der Waals surface area contributed by atoms with E-state index in [1.807, 2.05) is 0 Å². The first-order chi connectivity index (χ1) is 9.00. The minimum atomic E-state index is -0.775. The number of nitrogens with two attached hydrogens (primary N) is 1. The normalized spacial score (nSPS) is 10.2. The number of nitro benzene ring substituents is 1. The molecular formula is C13H9FN2O3. The van der Waals surface area contributed by atoms with Gasteiger partial charge in [0.1, 0.15) is 5.82 Å². The van der Waals surface area contributed by atoms with Gasteiger partial charge in [-0.05, 0) is 18.2 Å². The first-order valence-corrected chi connectivity index (χ1v) is 5.34. The Bertz CT molecular complexity index is 671. The van der Waals surface area contributed by atoms with Gasteiger partial charge in [0.15, 0.2) is 0 Å². The Morgan fingerprint density at radius 2 is 1.84 bits per heavy atom. The number of primary amides is 1. The lowest BCUT2D eigenvalue weighted by Gasteiger charge is -2.05. The van der Waals surface area contributed by atoms with Gasteiger partial charge in [-0.25, -0.2) is 4.39 Å². The summed E-state index contributed by atoms with van der Waals surface area (Å²) in [5.74, 6) is -1.35. The molecule has 0 aromatic heterocycles. The van der Waals surface area contributed by atoms with Crippen LogP contribution in [0.4, 0.5) is 10.1 Å². The van der Waals surface area contributed by atoms with Gasteiger partial charge in [0.25, 0.3) is 5.69 Å². The number of carbonyl (C=O) groups excluding carboxylic acids is 1. The van der Waals surface area contributed by atoms with E-state index in [1.165, 1.54) is 30.3 Å². The summed E-state index contributed by atoms with van der Waals surface area (Å²) in [4.78, 5) is 21.4. The van der Waals surface area contributed by atoms with Gasteiger partial charge in [-0.1, -0.05) is 18.2 Å². The van der Waals surface area contributed by atoms with E-state index in [4.69, 9.17) is 5.73 Å². The van der Waals surface area contributed by atoms with Crippen LogP contribution in [-0.4, -0.2) is 10.8 Å². The number of rotatable bonds is 3. The lowest BCUT2D eigenvalue weighted by molar-refractivity contribution is -0.384. The zero-order chi connectivity index (χ0) is 14.0. The zero-order valence-electron chi connectivity index (χ0n) is 9.67. The molecule has 0 saturated carbocycles. The molecule has 2 N–H and O–H groups in total. The number of halogens is 1. The summed E-state index contributed by atoms with van der Waals surface area (Å²) in [6.07, 6.45) is 0. The minimum Gasteiger partial charge on any atom is -0.366 e. The Hall–Kier alpha value is -2.76. The van der Waals surface area contributed by atoms with Gasteiger partial charge in [0.2, 0.25) is 5.91 Å². The second-order valence-electron chi connectivity index (χ2n) is 3.83. The monoisotopic (exact) mass is 260 g/mol. The average molecular weight is 260 g/mol. The van der Waals surface area contributed by atoms with E-state index in [-0.39, 0.29) is 22.4 Å². The number of benzene rings is 2. The molecule has 0 heterocycles. The van der Waals surface area contributed by atoms with Crippen LogP contribution in [-0.2, 0) is 0 Å². The molecule has 0 unspecified atom stereocenters. The average Bonchev–Trinajstić information content (AvgIpc) is 2.38. The Labute approximate surface area is 107 Å². The van der Waals surface area contributed by atoms with Gasteiger partial charge in [0.05, 0.1) is 10.5 Å². The van der Waals surface area contributed by atoms with Crippen molar-refractivity contribution in [1.29, 1.82) is 0 Å². The SMILES string of the molecule is NC(=O)c1ccc(-c2ccccc2F)c([N+](=O)[O-])c1. The first kappa shape index (κ1) is 12.7. The fourth-order valence-corrected chi connectivity index (χ4v) is 1.74. The van der Waals surface area contributed by atoms with Crippen LogP contribution < -0.4 is 5.73 Å². The maximum absolute atomic E-state index is 13.7. The molecule has 1 amide bonds. The molecule has 0 atom stereocenters. The highest BCUT2D eigenvalue weighted by molar-refractivity contribution is 5.94. The van der Waals surface area contributed by atoms with Gasteiger partial charge in [-0.3, -0.25) is 14.9 Å². The van der Waals surface area contributed by atoms with Crippen molar-refractivity contribution < 1.29 is 14.1 Å². The van der Waals surface area contributed by atoms with E-state index in [9.17, 15) is 19.3 Å². The van der Waals surface area contributed by atoms with Crippen LogP contribution in [0.5, 0.6) is 0 Å². The van der Waals surface area contributed by atoms with Crippen LogP contribution in [0, 0.1) is 15.9 Å². The molecule has 2 rings (SSSR count). The molecule has 6 heteroatoms. The fourth-order valence-electron chi connectivity index (χ4n) is 1.74. The van der Waals surface area contributed by atoms with Crippen molar-refractivity contribution in [2.45, 2.75) is 0 Å². The molecule has 0 aliphatic carbocycles. The predicted molar refractivity (Wildman–Crippen MR) is 67.0 cm³/mol. The molecule has 0 bridgehead atoms. The number of hydrogen-bond donors (Lipinski definition) is 1. The molecule has 19 heavy (non-hydrogen) atoms. The largest absolute Gasteiger partial charge is 0.366 e. The van der Waals surface area contributed by atoms with Crippen LogP contribution >= 0.6 is 0 Å². The van der Waals surface area contributed by atoms with Crippen molar-refractivity contribution >= 4 is 11.6 Å². The standard InChI is InChI=1S/C13H9FN2O3/c14-11-4-2-1-3-9(11)10-6-5-8(13(15)17)7-12(10)16(18)19/h1-7H,(H2,15,17). The van der Waals surface area contributed by atoms with Crippen LogP contribution in [0.2, 0.25) is 0 Å². The van der Waals surface area contributed by atoms with Gasteiger partial charge in [0, 0.05) is 17.2 Å².